The second-order valence-electron chi connectivity index (χ2n) is 6.70. The van der Waals surface area contributed by atoms with Crippen LogP contribution in [0.3, 0.4) is 0 Å². The van der Waals surface area contributed by atoms with Gasteiger partial charge in [0, 0.05) is 18.5 Å². The molecule has 0 radical (unpaired) electrons. The van der Waals surface area contributed by atoms with E-state index >= 15 is 0 Å². The van der Waals surface area contributed by atoms with Gasteiger partial charge in [0.15, 0.2) is 12.4 Å². The number of ether oxygens (including phenoxy) is 1. The lowest BCUT2D eigenvalue weighted by Gasteiger charge is -2.29. The van der Waals surface area contributed by atoms with Crippen LogP contribution in [0, 0.1) is 0 Å². The molecule has 2 aromatic carbocycles. The number of benzene rings is 2. The van der Waals surface area contributed by atoms with E-state index in [1.54, 1.807) is 19.1 Å². The number of rotatable bonds is 6. The van der Waals surface area contributed by atoms with E-state index in [-0.39, 0.29) is 37.5 Å². The van der Waals surface area contributed by atoms with E-state index in [4.69, 9.17) is 4.74 Å². The molecule has 0 bridgehead atoms. The van der Waals surface area contributed by atoms with Gasteiger partial charge in [-0.3, -0.25) is 19.3 Å². The number of alkyl halides is 3. The molecule has 6 nitrogen and oxygen atoms in total. The van der Waals surface area contributed by atoms with Gasteiger partial charge in [-0.15, -0.1) is 0 Å². The van der Waals surface area contributed by atoms with Crippen LogP contribution in [0.1, 0.15) is 34.8 Å². The molecule has 9 heteroatoms. The highest BCUT2D eigenvalue weighted by atomic mass is 19.4. The average molecular weight is 420 g/mol. The normalized spacial score (nSPS) is 13.5. The maximum Gasteiger partial charge on any atom is 0.416 e. The zero-order valence-corrected chi connectivity index (χ0v) is 16.1. The van der Waals surface area contributed by atoms with Crippen molar-refractivity contribution >= 4 is 23.3 Å². The molecule has 1 heterocycles. The van der Waals surface area contributed by atoms with E-state index in [9.17, 15) is 27.6 Å². The van der Waals surface area contributed by atoms with Crippen molar-refractivity contribution in [3.63, 3.8) is 0 Å². The quantitative estimate of drug-likeness (QED) is 0.728. The van der Waals surface area contributed by atoms with Gasteiger partial charge in [-0.1, -0.05) is 19.1 Å². The Bertz CT molecular complexity index is 988. The van der Waals surface area contributed by atoms with Crippen molar-refractivity contribution in [2.24, 2.45) is 0 Å². The molecule has 0 unspecified atom stereocenters. The summed E-state index contributed by atoms with van der Waals surface area (Å²) in [6.45, 7) is 0.984. The highest BCUT2D eigenvalue weighted by molar-refractivity contribution is 6.04. The predicted molar refractivity (Wildman–Crippen MR) is 102 cm³/mol. The van der Waals surface area contributed by atoms with Crippen molar-refractivity contribution in [3.8, 4) is 5.75 Å². The van der Waals surface area contributed by atoms with Crippen LogP contribution in [-0.2, 0) is 22.3 Å². The highest BCUT2D eigenvalue weighted by Crippen LogP contribution is 2.33. The van der Waals surface area contributed by atoms with Gasteiger partial charge in [-0.25, -0.2) is 0 Å². The molecule has 158 valence electrons. The molecule has 0 aliphatic carbocycles. The third kappa shape index (κ3) is 4.79. The first-order chi connectivity index (χ1) is 14.2. The Morgan fingerprint density at radius 2 is 1.93 bits per heavy atom. The van der Waals surface area contributed by atoms with Gasteiger partial charge in [-0.2, -0.15) is 13.2 Å². The van der Waals surface area contributed by atoms with Gasteiger partial charge in [-0.05, 0) is 35.9 Å². The van der Waals surface area contributed by atoms with Gasteiger partial charge in [0.05, 0.1) is 11.3 Å². The first-order valence-corrected chi connectivity index (χ1v) is 9.22. The van der Waals surface area contributed by atoms with Crippen LogP contribution >= 0.6 is 0 Å². The van der Waals surface area contributed by atoms with Crippen molar-refractivity contribution in [3.05, 3.63) is 59.2 Å². The summed E-state index contributed by atoms with van der Waals surface area (Å²) in [5.74, 6) is -0.767. The van der Waals surface area contributed by atoms with Crippen LogP contribution in [-0.4, -0.2) is 30.7 Å². The number of carbonyl (C=O) groups excluding carboxylic acids is 3. The molecular weight excluding hydrogens is 401 g/mol. The molecule has 30 heavy (non-hydrogen) atoms. The number of anilines is 1. The lowest BCUT2D eigenvalue weighted by atomic mass is 10.1. The summed E-state index contributed by atoms with van der Waals surface area (Å²) in [4.78, 5) is 37.8. The molecule has 3 rings (SSSR count). The monoisotopic (exact) mass is 420 g/mol. The first-order valence-electron chi connectivity index (χ1n) is 9.22. The Kier molecular flexibility index (Phi) is 6.09. The lowest BCUT2D eigenvalue weighted by Crippen LogP contribution is -2.45. The largest absolute Gasteiger partial charge is 0.482 e. The molecule has 0 atom stereocenters. The number of halogens is 3. The van der Waals surface area contributed by atoms with E-state index in [0.29, 0.717) is 17.0 Å². The molecular formula is C21H19F3N2O4. The summed E-state index contributed by atoms with van der Waals surface area (Å²) in [5.41, 5.74) is 0.172. The molecule has 1 aliphatic heterocycles. The lowest BCUT2D eigenvalue weighted by molar-refractivity contribution is -0.137. The Hall–Kier alpha value is -3.36. The molecule has 0 saturated heterocycles. The van der Waals surface area contributed by atoms with E-state index in [1.807, 2.05) is 0 Å². The van der Waals surface area contributed by atoms with E-state index < -0.39 is 23.6 Å². The maximum absolute atomic E-state index is 12.8. The van der Waals surface area contributed by atoms with Crippen LogP contribution in [0.2, 0.25) is 0 Å². The summed E-state index contributed by atoms with van der Waals surface area (Å²) in [7, 11) is 0. The first kappa shape index (κ1) is 21.4. The Balaban J connectivity index is 1.71. The van der Waals surface area contributed by atoms with Crippen molar-refractivity contribution in [1.29, 1.82) is 0 Å². The summed E-state index contributed by atoms with van der Waals surface area (Å²) in [5, 5.41) is 2.52. The van der Waals surface area contributed by atoms with Gasteiger partial charge in [0.25, 0.3) is 5.91 Å². The molecule has 0 fully saturated rings. The number of Topliss-reactive ketones (excluding diaryl/α,β-unsaturated/α-hetero) is 1. The topological polar surface area (TPSA) is 75.7 Å². The molecule has 0 spiro atoms. The fourth-order valence-electron chi connectivity index (χ4n) is 3.01. The van der Waals surface area contributed by atoms with Crippen LogP contribution in [0.4, 0.5) is 18.9 Å². The molecule has 1 aliphatic rings. The summed E-state index contributed by atoms with van der Waals surface area (Å²) in [6.07, 6.45) is -4.19. The smallest absolute Gasteiger partial charge is 0.416 e. The third-order valence-corrected chi connectivity index (χ3v) is 4.59. The number of nitrogens with one attached hydrogen (secondary N) is 1. The summed E-state index contributed by atoms with van der Waals surface area (Å²) in [6, 6.07) is 9.29. The number of nitrogens with zero attached hydrogens (tertiary/aromatic N) is 1. The van der Waals surface area contributed by atoms with Gasteiger partial charge >= 0.3 is 6.18 Å². The number of ketones is 1. The average Bonchev–Trinajstić information content (AvgIpc) is 2.73. The van der Waals surface area contributed by atoms with E-state index in [0.717, 1.165) is 12.1 Å². The molecule has 0 saturated carbocycles. The molecule has 0 aromatic heterocycles. The van der Waals surface area contributed by atoms with Crippen LogP contribution in [0.5, 0.6) is 5.75 Å². The minimum Gasteiger partial charge on any atom is -0.482 e. The van der Waals surface area contributed by atoms with Crippen molar-refractivity contribution in [1.82, 2.24) is 5.32 Å². The van der Waals surface area contributed by atoms with Gasteiger partial charge < -0.3 is 10.1 Å². The van der Waals surface area contributed by atoms with E-state index in [1.165, 1.54) is 23.1 Å². The highest BCUT2D eigenvalue weighted by Gasteiger charge is 2.31. The van der Waals surface area contributed by atoms with Crippen molar-refractivity contribution in [2.75, 3.05) is 18.1 Å². The standard InChI is InChI=1S/C21H19F3N2O4/c1-2-17(27)14-6-7-18-16(9-14)26(20(29)12-30-18)11-19(28)25-10-13-4-3-5-15(8-13)21(22,23)24/h3-9H,2,10-12H2,1H3,(H,25,28). The molecule has 2 amide bonds. The van der Waals surface area contributed by atoms with Gasteiger partial charge in [0.2, 0.25) is 5.91 Å². The minimum absolute atomic E-state index is 0.121. The second-order valence-corrected chi connectivity index (χ2v) is 6.70. The summed E-state index contributed by atoms with van der Waals surface area (Å²) >= 11 is 0. The fourth-order valence-corrected chi connectivity index (χ4v) is 3.01. The number of carbonyl (C=O) groups is 3. The van der Waals surface area contributed by atoms with Crippen molar-refractivity contribution in [2.45, 2.75) is 26.1 Å². The minimum atomic E-state index is -4.47. The second kappa shape index (κ2) is 8.56. The zero-order valence-electron chi connectivity index (χ0n) is 16.1. The van der Waals surface area contributed by atoms with Crippen molar-refractivity contribution < 1.29 is 32.3 Å². The maximum atomic E-state index is 12.8. The Labute approximate surface area is 170 Å². The molecule has 2 aromatic rings. The number of hydrogen-bond donors (Lipinski definition) is 1. The number of hydrogen-bond acceptors (Lipinski definition) is 4. The van der Waals surface area contributed by atoms with Crippen LogP contribution < -0.4 is 15.0 Å². The Morgan fingerprint density at radius 3 is 2.63 bits per heavy atom. The Morgan fingerprint density at radius 1 is 1.17 bits per heavy atom. The SMILES string of the molecule is CCC(=O)c1ccc2c(c1)N(CC(=O)NCc1cccc(C(F)(F)F)c1)C(=O)CO2. The number of fused-ring (bicyclic) bond motifs is 1. The molecule has 1 N–H and O–H groups in total. The number of amides is 2. The predicted octanol–water partition coefficient (Wildman–Crippen LogP) is 3.34. The van der Waals surface area contributed by atoms with Crippen LogP contribution in [0.15, 0.2) is 42.5 Å². The van der Waals surface area contributed by atoms with Gasteiger partial charge in [0.1, 0.15) is 12.3 Å². The fraction of sp³-hybridized carbons (Fsp3) is 0.286. The third-order valence-electron chi connectivity index (χ3n) is 4.59. The summed E-state index contributed by atoms with van der Waals surface area (Å²) < 4.78 is 43.8. The zero-order chi connectivity index (χ0) is 21.9. The van der Waals surface area contributed by atoms with Crippen LogP contribution in [0.25, 0.3) is 0 Å². The van der Waals surface area contributed by atoms with E-state index in [2.05, 4.69) is 5.32 Å².